The zero-order chi connectivity index (χ0) is 9.26. The van der Waals surface area contributed by atoms with Crippen LogP contribution >= 0.6 is 0 Å². The fourth-order valence-corrected chi connectivity index (χ4v) is 3.10. The second kappa shape index (κ2) is 3.97. The second-order valence-corrected chi connectivity index (χ2v) is 4.85. The SMILES string of the molecule is CC1CNCC(C)C1N1CCCC1. The average Bonchev–Trinajstić information content (AvgIpc) is 2.57. The van der Waals surface area contributed by atoms with Gasteiger partial charge in [-0.2, -0.15) is 0 Å². The largest absolute Gasteiger partial charge is 0.316 e. The van der Waals surface area contributed by atoms with E-state index in [0.29, 0.717) is 0 Å². The van der Waals surface area contributed by atoms with E-state index in [1.54, 1.807) is 0 Å². The van der Waals surface area contributed by atoms with Crippen molar-refractivity contribution in [3.63, 3.8) is 0 Å². The number of hydrogen-bond donors (Lipinski definition) is 1. The number of likely N-dealkylation sites (tertiary alicyclic amines) is 1. The lowest BCUT2D eigenvalue weighted by atomic mass is 9.86. The lowest BCUT2D eigenvalue weighted by Gasteiger charge is -2.41. The van der Waals surface area contributed by atoms with Crippen molar-refractivity contribution in [3.05, 3.63) is 0 Å². The van der Waals surface area contributed by atoms with Crippen molar-refractivity contribution in [3.8, 4) is 0 Å². The average molecular weight is 182 g/mol. The standard InChI is InChI=1S/C11H22N2/c1-9-7-12-8-10(2)11(9)13-5-3-4-6-13/h9-12H,3-8H2,1-2H3. The predicted octanol–water partition coefficient (Wildman–Crippen LogP) is 1.33. The van der Waals surface area contributed by atoms with Crippen molar-refractivity contribution < 1.29 is 0 Å². The van der Waals surface area contributed by atoms with Crippen molar-refractivity contribution in [1.82, 2.24) is 10.2 Å². The number of nitrogens with one attached hydrogen (secondary N) is 1. The van der Waals surface area contributed by atoms with Gasteiger partial charge >= 0.3 is 0 Å². The number of hydrogen-bond acceptors (Lipinski definition) is 2. The van der Waals surface area contributed by atoms with Gasteiger partial charge in [-0.25, -0.2) is 0 Å². The molecule has 2 fully saturated rings. The Bertz CT molecular complexity index is 153. The Hall–Kier alpha value is -0.0800. The Balaban J connectivity index is 2.00. The topological polar surface area (TPSA) is 15.3 Å². The maximum Gasteiger partial charge on any atom is 0.0171 e. The molecular formula is C11H22N2. The summed E-state index contributed by atoms with van der Waals surface area (Å²) in [6, 6.07) is 0.851. The summed E-state index contributed by atoms with van der Waals surface area (Å²) in [5.41, 5.74) is 0. The predicted molar refractivity (Wildman–Crippen MR) is 55.8 cm³/mol. The van der Waals surface area contributed by atoms with Crippen LogP contribution in [-0.4, -0.2) is 37.1 Å². The third kappa shape index (κ3) is 1.89. The third-order valence-electron chi connectivity index (χ3n) is 3.66. The maximum absolute atomic E-state index is 3.51. The first kappa shape index (κ1) is 9.47. The van der Waals surface area contributed by atoms with E-state index in [4.69, 9.17) is 0 Å². The molecule has 2 rings (SSSR count). The van der Waals surface area contributed by atoms with Crippen LogP contribution in [0.2, 0.25) is 0 Å². The minimum absolute atomic E-state index is 0.835. The van der Waals surface area contributed by atoms with Crippen molar-refractivity contribution >= 4 is 0 Å². The molecule has 2 unspecified atom stereocenters. The van der Waals surface area contributed by atoms with Crippen molar-refractivity contribution in [2.75, 3.05) is 26.2 Å². The van der Waals surface area contributed by atoms with Crippen LogP contribution in [0, 0.1) is 11.8 Å². The minimum Gasteiger partial charge on any atom is -0.316 e. The summed E-state index contributed by atoms with van der Waals surface area (Å²) in [5.74, 6) is 1.67. The zero-order valence-corrected chi connectivity index (χ0v) is 8.92. The molecule has 2 aliphatic rings. The molecule has 0 radical (unpaired) electrons. The molecule has 2 nitrogen and oxygen atoms in total. The summed E-state index contributed by atoms with van der Waals surface area (Å²) >= 11 is 0. The highest BCUT2D eigenvalue weighted by molar-refractivity contribution is 4.89. The van der Waals surface area contributed by atoms with Gasteiger partial charge in [0.1, 0.15) is 0 Å². The lowest BCUT2D eigenvalue weighted by Crippen LogP contribution is -2.52. The molecule has 0 aromatic carbocycles. The third-order valence-corrected chi connectivity index (χ3v) is 3.66. The molecule has 2 atom stereocenters. The summed E-state index contributed by atoms with van der Waals surface area (Å²) in [7, 11) is 0. The molecule has 0 aromatic heterocycles. The van der Waals surface area contributed by atoms with E-state index in [1.807, 2.05) is 0 Å². The zero-order valence-electron chi connectivity index (χ0n) is 8.92. The van der Waals surface area contributed by atoms with Gasteiger partial charge < -0.3 is 5.32 Å². The molecule has 13 heavy (non-hydrogen) atoms. The van der Waals surface area contributed by atoms with Crippen LogP contribution < -0.4 is 5.32 Å². The molecular weight excluding hydrogens is 160 g/mol. The van der Waals surface area contributed by atoms with Gasteiger partial charge in [-0.05, 0) is 50.9 Å². The fourth-order valence-electron chi connectivity index (χ4n) is 3.10. The fraction of sp³-hybridized carbons (Fsp3) is 1.00. The quantitative estimate of drug-likeness (QED) is 0.658. The second-order valence-electron chi connectivity index (χ2n) is 4.85. The van der Waals surface area contributed by atoms with Gasteiger partial charge in [0.05, 0.1) is 0 Å². The highest BCUT2D eigenvalue weighted by Gasteiger charge is 2.33. The number of rotatable bonds is 1. The van der Waals surface area contributed by atoms with Crippen molar-refractivity contribution in [2.24, 2.45) is 11.8 Å². The van der Waals surface area contributed by atoms with Gasteiger partial charge in [0.15, 0.2) is 0 Å². The molecule has 0 amide bonds. The van der Waals surface area contributed by atoms with Gasteiger partial charge in [-0.1, -0.05) is 13.8 Å². The lowest BCUT2D eigenvalue weighted by molar-refractivity contribution is 0.101. The maximum atomic E-state index is 3.51. The molecule has 0 saturated carbocycles. The minimum atomic E-state index is 0.835. The highest BCUT2D eigenvalue weighted by Crippen LogP contribution is 2.25. The van der Waals surface area contributed by atoms with E-state index in [9.17, 15) is 0 Å². The summed E-state index contributed by atoms with van der Waals surface area (Å²) < 4.78 is 0. The van der Waals surface area contributed by atoms with Crippen LogP contribution in [0.3, 0.4) is 0 Å². The summed E-state index contributed by atoms with van der Waals surface area (Å²) in [4.78, 5) is 2.72. The van der Waals surface area contributed by atoms with E-state index >= 15 is 0 Å². The van der Waals surface area contributed by atoms with Gasteiger partial charge in [-0.3, -0.25) is 4.90 Å². The first-order valence-corrected chi connectivity index (χ1v) is 5.74. The number of nitrogens with zero attached hydrogens (tertiary/aromatic N) is 1. The van der Waals surface area contributed by atoms with E-state index in [0.717, 1.165) is 17.9 Å². The van der Waals surface area contributed by atoms with Crippen LogP contribution in [0.5, 0.6) is 0 Å². The molecule has 2 heteroatoms. The van der Waals surface area contributed by atoms with Gasteiger partial charge in [0.2, 0.25) is 0 Å². The normalized spacial score (nSPS) is 42.5. The Labute approximate surface area is 81.7 Å². The summed E-state index contributed by atoms with van der Waals surface area (Å²) in [5, 5.41) is 3.51. The van der Waals surface area contributed by atoms with Crippen LogP contribution in [0.1, 0.15) is 26.7 Å². The van der Waals surface area contributed by atoms with Gasteiger partial charge in [-0.15, -0.1) is 0 Å². The first-order chi connectivity index (χ1) is 6.29. The molecule has 2 aliphatic heterocycles. The number of piperidine rings is 1. The Morgan fingerprint density at radius 1 is 1.00 bits per heavy atom. The Morgan fingerprint density at radius 2 is 1.54 bits per heavy atom. The molecule has 0 bridgehead atoms. The molecule has 76 valence electrons. The van der Waals surface area contributed by atoms with E-state index in [1.165, 1.54) is 39.0 Å². The Kier molecular flexibility index (Phi) is 2.89. The van der Waals surface area contributed by atoms with Crippen molar-refractivity contribution in [1.29, 1.82) is 0 Å². The van der Waals surface area contributed by atoms with Crippen LogP contribution in [0.4, 0.5) is 0 Å². The van der Waals surface area contributed by atoms with Crippen LogP contribution in [0.25, 0.3) is 0 Å². The molecule has 0 aliphatic carbocycles. The van der Waals surface area contributed by atoms with Crippen LogP contribution in [0.15, 0.2) is 0 Å². The van der Waals surface area contributed by atoms with Gasteiger partial charge in [0.25, 0.3) is 0 Å². The van der Waals surface area contributed by atoms with E-state index in [-0.39, 0.29) is 0 Å². The summed E-state index contributed by atoms with van der Waals surface area (Å²) in [6.07, 6.45) is 2.84. The molecule has 0 aromatic rings. The van der Waals surface area contributed by atoms with Gasteiger partial charge in [0, 0.05) is 6.04 Å². The van der Waals surface area contributed by atoms with E-state index in [2.05, 4.69) is 24.1 Å². The van der Waals surface area contributed by atoms with Crippen LogP contribution in [-0.2, 0) is 0 Å². The monoisotopic (exact) mass is 182 g/mol. The molecule has 0 spiro atoms. The molecule has 2 saturated heterocycles. The highest BCUT2D eigenvalue weighted by atomic mass is 15.2. The molecule has 1 N–H and O–H groups in total. The first-order valence-electron chi connectivity index (χ1n) is 5.74. The van der Waals surface area contributed by atoms with Crippen molar-refractivity contribution in [2.45, 2.75) is 32.7 Å². The summed E-state index contributed by atoms with van der Waals surface area (Å²) in [6.45, 7) is 9.91. The van der Waals surface area contributed by atoms with E-state index < -0.39 is 0 Å². The smallest absolute Gasteiger partial charge is 0.0171 e. The molecule has 2 heterocycles. The Morgan fingerprint density at radius 3 is 2.08 bits per heavy atom.